The van der Waals surface area contributed by atoms with Crippen molar-refractivity contribution < 1.29 is 19.4 Å². The maximum Gasteiger partial charge on any atom is 0.306 e. The van der Waals surface area contributed by atoms with E-state index in [9.17, 15) is 14.7 Å². The second-order valence-electron chi connectivity index (χ2n) is 6.41. The summed E-state index contributed by atoms with van der Waals surface area (Å²) in [5.74, 6) is 0.272. The largest absolute Gasteiger partial charge is 0.462 e. The summed E-state index contributed by atoms with van der Waals surface area (Å²) in [5, 5.41) is 10.6. The number of aliphatic hydroxyl groups is 1. The summed E-state index contributed by atoms with van der Waals surface area (Å²) in [6.07, 6.45) is 1.53. The number of hydrogen-bond acceptors (Lipinski definition) is 4. The first-order chi connectivity index (χ1) is 8.44. The van der Waals surface area contributed by atoms with Gasteiger partial charge in [-0.2, -0.15) is 0 Å². The summed E-state index contributed by atoms with van der Waals surface area (Å²) >= 11 is 0. The number of aliphatic hydroxyl groups excluding tert-OH is 1. The SMILES string of the molecule is C[C@H]1C[C@@H]2OC(=O)C[C@@H]2[C@@H](O)[C@]2(C)C(=O)CC[C@H]12. The molecule has 1 saturated heterocycles. The van der Waals surface area contributed by atoms with Crippen LogP contribution in [0.1, 0.15) is 39.5 Å². The highest BCUT2D eigenvalue weighted by molar-refractivity contribution is 5.88. The highest BCUT2D eigenvalue weighted by atomic mass is 16.6. The molecule has 1 heterocycles. The fraction of sp³-hybridized carbons (Fsp3) is 0.857. The average molecular weight is 252 g/mol. The third-order valence-corrected chi connectivity index (χ3v) is 5.53. The van der Waals surface area contributed by atoms with E-state index < -0.39 is 11.5 Å². The number of ketones is 1. The van der Waals surface area contributed by atoms with Crippen molar-refractivity contribution in [2.45, 2.75) is 51.7 Å². The van der Waals surface area contributed by atoms with Crippen LogP contribution in [0.25, 0.3) is 0 Å². The van der Waals surface area contributed by atoms with Crippen molar-refractivity contribution in [3.8, 4) is 0 Å². The summed E-state index contributed by atoms with van der Waals surface area (Å²) in [4.78, 5) is 23.7. The number of esters is 1. The van der Waals surface area contributed by atoms with Crippen LogP contribution in [-0.2, 0) is 14.3 Å². The normalized spacial score (nSPS) is 51.6. The van der Waals surface area contributed by atoms with Gasteiger partial charge in [0.1, 0.15) is 11.9 Å². The highest BCUT2D eigenvalue weighted by Crippen LogP contribution is 2.54. The van der Waals surface area contributed by atoms with Gasteiger partial charge >= 0.3 is 5.97 Å². The third-order valence-electron chi connectivity index (χ3n) is 5.53. The van der Waals surface area contributed by atoms with E-state index in [0.717, 1.165) is 12.8 Å². The van der Waals surface area contributed by atoms with E-state index in [4.69, 9.17) is 4.74 Å². The average Bonchev–Trinajstić information content (AvgIpc) is 2.79. The van der Waals surface area contributed by atoms with Crippen LogP contribution in [0.15, 0.2) is 0 Å². The molecule has 0 unspecified atom stereocenters. The van der Waals surface area contributed by atoms with Crippen molar-refractivity contribution >= 4 is 11.8 Å². The monoisotopic (exact) mass is 252 g/mol. The molecule has 0 aromatic rings. The van der Waals surface area contributed by atoms with E-state index in [1.165, 1.54) is 0 Å². The summed E-state index contributed by atoms with van der Waals surface area (Å²) in [7, 11) is 0. The molecule has 2 saturated carbocycles. The lowest BCUT2D eigenvalue weighted by Gasteiger charge is -2.36. The van der Waals surface area contributed by atoms with E-state index in [0.29, 0.717) is 12.3 Å². The highest BCUT2D eigenvalue weighted by Gasteiger charge is 2.59. The Morgan fingerprint density at radius 3 is 2.83 bits per heavy atom. The van der Waals surface area contributed by atoms with Gasteiger partial charge < -0.3 is 9.84 Å². The molecule has 0 bridgehead atoms. The van der Waals surface area contributed by atoms with Crippen LogP contribution in [0, 0.1) is 23.2 Å². The lowest BCUT2D eigenvalue weighted by atomic mass is 9.68. The van der Waals surface area contributed by atoms with E-state index in [1.54, 1.807) is 0 Å². The van der Waals surface area contributed by atoms with Gasteiger partial charge in [-0.1, -0.05) is 6.92 Å². The van der Waals surface area contributed by atoms with Crippen LogP contribution in [0.3, 0.4) is 0 Å². The molecule has 0 spiro atoms. The number of Topliss-reactive ketones (excluding diaryl/α,β-unsaturated/α-hetero) is 1. The van der Waals surface area contributed by atoms with Crippen LogP contribution in [-0.4, -0.2) is 29.1 Å². The molecule has 1 aliphatic heterocycles. The van der Waals surface area contributed by atoms with Gasteiger partial charge in [0.15, 0.2) is 0 Å². The molecule has 3 aliphatic rings. The predicted molar refractivity (Wildman–Crippen MR) is 63.6 cm³/mol. The number of hydrogen-bond donors (Lipinski definition) is 1. The minimum Gasteiger partial charge on any atom is -0.462 e. The van der Waals surface area contributed by atoms with Gasteiger partial charge in [0.25, 0.3) is 0 Å². The topological polar surface area (TPSA) is 63.6 Å². The van der Waals surface area contributed by atoms with Crippen molar-refractivity contribution in [1.29, 1.82) is 0 Å². The van der Waals surface area contributed by atoms with E-state index in [-0.39, 0.29) is 36.1 Å². The standard InChI is InChI=1S/C14H20O4/c1-7-5-10-8(6-12(16)18-10)13(17)14(2)9(7)3-4-11(14)15/h7-10,13,17H,3-6H2,1-2H3/t7-,8-,9+,10-,13+,14-/m0/s1. The molecular weight excluding hydrogens is 232 g/mol. The Bertz CT molecular complexity index is 405. The van der Waals surface area contributed by atoms with Crippen molar-refractivity contribution in [2.75, 3.05) is 0 Å². The maximum atomic E-state index is 12.2. The zero-order valence-corrected chi connectivity index (χ0v) is 10.9. The second kappa shape index (κ2) is 3.80. The van der Waals surface area contributed by atoms with Crippen LogP contribution in [0.5, 0.6) is 0 Å². The van der Waals surface area contributed by atoms with E-state index in [1.807, 2.05) is 6.92 Å². The molecule has 0 radical (unpaired) electrons. The third kappa shape index (κ3) is 1.41. The lowest BCUT2D eigenvalue weighted by molar-refractivity contribution is -0.142. The van der Waals surface area contributed by atoms with Crippen LogP contribution in [0.2, 0.25) is 0 Å². The van der Waals surface area contributed by atoms with Gasteiger partial charge in [-0.3, -0.25) is 9.59 Å². The van der Waals surface area contributed by atoms with Crippen molar-refractivity contribution in [3.05, 3.63) is 0 Å². The minimum atomic E-state index is -0.737. The fourth-order valence-corrected chi connectivity index (χ4v) is 4.46. The first-order valence-electron chi connectivity index (χ1n) is 6.85. The summed E-state index contributed by atoms with van der Waals surface area (Å²) in [6.45, 7) is 4.00. The number of carbonyl (C=O) groups excluding carboxylic acids is 2. The number of carbonyl (C=O) groups is 2. The van der Waals surface area contributed by atoms with Crippen LogP contribution in [0.4, 0.5) is 0 Å². The van der Waals surface area contributed by atoms with E-state index in [2.05, 4.69) is 6.92 Å². The Balaban J connectivity index is 2.01. The van der Waals surface area contributed by atoms with Crippen molar-refractivity contribution in [2.24, 2.45) is 23.2 Å². The van der Waals surface area contributed by atoms with Gasteiger partial charge in [-0.05, 0) is 31.6 Å². The maximum absolute atomic E-state index is 12.2. The molecule has 3 rings (SSSR count). The molecule has 100 valence electrons. The Morgan fingerprint density at radius 1 is 1.39 bits per heavy atom. The lowest BCUT2D eigenvalue weighted by Crippen LogP contribution is -2.46. The zero-order valence-electron chi connectivity index (χ0n) is 10.9. The van der Waals surface area contributed by atoms with Crippen LogP contribution >= 0.6 is 0 Å². The minimum absolute atomic E-state index is 0.159. The molecule has 3 fully saturated rings. The first kappa shape index (κ1) is 12.2. The van der Waals surface area contributed by atoms with Crippen LogP contribution < -0.4 is 0 Å². The quantitative estimate of drug-likeness (QED) is 0.660. The summed E-state index contributed by atoms with van der Waals surface area (Å²) in [5.41, 5.74) is -0.674. The summed E-state index contributed by atoms with van der Waals surface area (Å²) in [6, 6.07) is 0. The molecule has 0 aromatic heterocycles. The smallest absolute Gasteiger partial charge is 0.306 e. The molecule has 18 heavy (non-hydrogen) atoms. The van der Waals surface area contributed by atoms with Crippen molar-refractivity contribution in [1.82, 2.24) is 0 Å². The number of ether oxygens (including phenoxy) is 1. The van der Waals surface area contributed by atoms with Gasteiger partial charge in [-0.15, -0.1) is 0 Å². The first-order valence-corrected chi connectivity index (χ1v) is 6.85. The number of fused-ring (bicyclic) bond motifs is 2. The molecule has 0 aromatic carbocycles. The number of rotatable bonds is 0. The van der Waals surface area contributed by atoms with Gasteiger partial charge in [0, 0.05) is 12.3 Å². The molecular formula is C14H20O4. The van der Waals surface area contributed by atoms with E-state index >= 15 is 0 Å². The molecule has 4 heteroatoms. The molecule has 0 amide bonds. The molecule has 2 aliphatic carbocycles. The fourth-order valence-electron chi connectivity index (χ4n) is 4.46. The summed E-state index contributed by atoms with van der Waals surface area (Å²) < 4.78 is 5.32. The van der Waals surface area contributed by atoms with Gasteiger partial charge in [0.2, 0.25) is 0 Å². The predicted octanol–water partition coefficient (Wildman–Crippen LogP) is 1.30. The van der Waals surface area contributed by atoms with Crippen molar-refractivity contribution in [3.63, 3.8) is 0 Å². The molecule has 4 nitrogen and oxygen atoms in total. The second-order valence-corrected chi connectivity index (χ2v) is 6.41. The Kier molecular flexibility index (Phi) is 2.56. The molecule has 1 N–H and O–H groups in total. The zero-order chi connectivity index (χ0) is 13.1. The Labute approximate surface area is 107 Å². The Hall–Kier alpha value is -0.900. The Morgan fingerprint density at radius 2 is 2.11 bits per heavy atom. The molecule has 6 atom stereocenters. The van der Waals surface area contributed by atoms with Gasteiger partial charge in [0.05, 0.1) is 17.9 Å². The van der Waals surface area contributed by atoms with Gasteiger partial charge in [-0.25, -0.2) is 0 Å².